The average Bonchev–Trinajstić information content (AvgIpc) is 2.35. The Kier molecular flexibility index (Phi) is 5.04. The molecule has 3 heteroatoms. The minimum absolute atomic E-state index is 0.0158. The molecule has 0 aromatic carbocycles. The second kappa shape index (κ2) is 6.55. The van der Waals surface area contributed by atoms with E-state index in [1.807, 2.05) is 0 Å². The molecule has 0 spiro atoms. The fraction of sp³-hybridized carbons (Fsp3) is 0.933. The van der Waals surface area contributed by atoms with E-state index in [0.29, 0.717) is 30.9 Å². The van der Waals surface area contributed by atoms with E-state index >= 15 is 0 Å². The first-order valence-electron chi connectivity index (χ1n) is 7.56. The number of esters is 1. The molecule has 18 heavy (non-hydrogen) atoms. The van der Waals surface area contributed by atoms with E-state index in [9.17, 15) is 4.79 Å². The van der Waals surface area contributed by atoms with Gasteiger partial charge in [0.05, 0.1) is 6.61 Å². The predicted molar refractivity (Wildman–Crippen MR) is 72.4 cm³/mol. The molecule has 2 unspecified atom stereocenters. The topological polar surface area (TPSA) is 29.5 Å². The number of carbonyl (C=O) groups is 1. The largest absolute Gasteiger partial charge is 0.465 e. The lowest BCUT2D eigenvalue weighted by Crippen LogP contribution is -2.49. The maximum atomic E-state index is 11.6. The van der Waals surface area contributed by atoms with Gasteiger partial charge in [0.2, 0.25) is 0 Å². The number of rotatable bonds is 4. The van der Waals surface area contributed by atoms with Gasteiger partial charge in [0.15, 0.2) is 0 Å². The number of hydrogen-bond acceptors (Lipinski definition) is 3. The SMILES string of the molecule is CC(C)CC(=O)OCC1CCCN2CCCCC12. The van der Waals surface area contributed by atoms with Crippen LogP contribution in [-0.4, -0.2) is 36.6 Å². The number of fused-ring (bicyclic) bond motifs is 1. The molecule has 2 aliphatic heterocycles. The molecule has 0 saturated carbocycles. The van der Waals surface area contributed by atoms with Gasteiger partial charge in [0.25, 0.3) is 0 Å². The van der Waals surface area contributed by atoms with Crippen molar-refractivity contribution in [1.29, 1.82) is 0 Å². The average molecular weight is 253 g/mol. The van der Waals surface area contributed by atoms with E-state index in [0.717, 1.165) is 0 Å². The highest BCUT2D eigenvalue weighted by atomic mass is 16.5. The van der Waals surface area contributed by atoms with Gasteiger partial charge < -0.3 is 4.74 Å². The van der Waals surface area contributed by atoms with E-state index < -0.39 is 0 Å². The van der Waals surface area contributed by atoms with Crippen LogP contribution in [0, 0.1) is 11.8 Å². The lowest BCUT2D eigenvalue weighted by Gasteiger charge is -2.44. The molecule has 2 saturated heterocycles. The quantitative estimate of drug-likeness (QED) is 0.722. The standard InChI is InChI=1S/C15H27NO2/c1-12(2)10-15(17)18-11-13-6-5-9-16-8-4-3-7-14(13)16/h12-14H,3-11H2,1-2H3. The third-order valence-corrected chi connectivity index (χ3v) is 4.26. The van der Waals surface area contributed by atoms with Gasteiger partial charge in [0, 0.05) is 18.4 Å². The third-order valence-electron chi connectivity index (χ3n) is 4.26. The minimum Gasteiger partial charge on any atom is -0.465 e. The molecule has 2 rings (SSSR count). The van der Waals surface area contributed by atoms with Gasteiger partial charge in [-0.25, -0.2) is 0 Å². The van der Waals surface area contributed by atoms with Crippen LogP contribution in [0.2, 0.25) is 0 Å². The Morgan fingerprint density at radius 3 is 2.78 bits per heavy atom. The van der Waals surface area contributed by atoms with Crippen molar-refractivity contribution in [2.24, 2.45) is 11.8 Å². The van der Waals surface area contributed by atoms with Crippen LogP contribution in [-0.2, 0) is 9.53 Å². The van der Waals surface area contributed by atoms with Gasteiger partial charge in [0.1, 0.15) is 0 Å². The van der Waals surface area contributed by atoms with Crippen molar-refractivity contribution in [1.82, 2.24) is 4.90 Å². The first kappa shape index (κ1) is 13.9. The summed E-state index contributed by atoms with van der Waals surface area (Å²) in [4.78, 5) is 14.2. The second-order valence-electron chi connectivity index (χ2n) is 6.28. The van der Waals surface area contributed by atoms with Crippen LogP contribution in [0.25, 0.3) is 0 Å². The van der Waals surface area contributed by atoms with Crippen LogP contribution in [0.4, 0.5) is 0 Å². The van der Waals surface area contributed by atoms with Crippen molar-refractivity contribution in [3.05, 3.63) is 0 Å². The van der Waals surface area contributed by atoms with Crippen LogP contribution in [0.5, 0.6) is 0 Å². The van der Waals surface area contributed by atoms with Crippen LogP contribution in [0.1, 0.15) is 52.4 Å². The van der Waals surface area contributed by atoms with E-state index in [4.69, 9.17) is 4.74 Å². The highest BCUT2D eigenvalue weighted by Crippen LogP contribution is 2.31. The van der Waals surface area contributed by atoms with Gasteiger partial charge in [-0.05, 0) is 44.7 Å². The lowest BCUT2D eigenvalue weighted by molar-refractivity contribution is -0.147. The number of piperidine rings is 2. The molecule has 0 aliphatic carbocycles. The van der Waals surface area contributed by atoms with Gasteiger partial charge >= 0.3 is 5.97 Å². The monoisotopic (exact) mass is 253 g/mol. The molecule has 2 atom stereocenters. The summed E-state index contributed by atoms with van der Waals surface area (Å²) < 4.78 is 5.48. The number of ether oxygens (including phenoxy) is 1. The zero-order valence-corrected chi connectivity index (χ0v) is 11.9. The van der Waals surface area contributed by atoms with Crippen LogP contribution in [0.3, 0.4) is 0 Å². The number of hydrogen-bond donors (Lipinski definition) is 0. The fourth-order valence-corrected chi connectivity index (χ4v) is 3.36. The van der Waals surface area contributed by atoms with Crippen molar-refractivity contribution in [2.45, 2.75) is 58.4 Å². The van der Waals surface area contributed by atoms with Crippen LogP contribution >= 0.6 is 0 Å². The number of nitrogens with zero attached hydrogens (tertiary/aromatic N) is 1. The van der Waals surface area contributed by atoms with Crippen LogP contribution in [0.15, 0.2) is 0 Å². The predicted octanol–water partition coefficient (Wildman–Crippen LogP) is 2.84. The zero-order valence-electron chi connectivity index (χ0n) is 11.9. The first-order valence-corrected chi connectivity index (χ1v) is 7.56. The molecule has 0 bridgehead atoms. The Morgan fingerprint density at radius 2 is 2.00 bits per heavy atom. The molecule has 3 nitrogen and oxygen atoms in total. The van der Waals surface area contributed by atoms with E-state index in [2.05, 4.69) is 18.7 Å². The molecule has 2 heterocycles. The molecular formula is C15H27NO2. The summed E-state index contributed by atoms with van der Waals surface area (Å²) in [5.41, 5.74) is 0. The van der Waals surface area contributed by atoms with Crippen molar-refractivity contribution >= 4 is 5.97 Å². The van der Waals surface area contributed by atoms with Gasteiger partial charge in [-0.3, -0.25) is 9.69 Å². The number of carbonyl (C=O) groups excluding carboxylic acids is 1. The van der Waals surface area contributed by atoms with E-state index in [1.54, 1.807) is 0 Å². The molecule has 0 aromatic rings. The maximum absolute atomic E-state index is 11.6. The third kappa shape index (κ3) is 3.71. The summed E-state index contributed by atoms with van der Waals surface area (Å²) in [6, 6.07) is 0.680. The van der Waals surface area contributed by atoms with E-state index in [-0.39, 0.29) is 5.97 Å². The molecular weight excluding hydrogens is 226 g/mol. The molecule has 0 amide bonds. The first-order chi connectivity index (χ1) is 8.66. The van der Waals surface area contributed by atoms with Crippen molar-refractivity contribution in [3.63, 3.8) is 0 Å². The zero-order chi connectivity index (χ0) is 13.0. The van der Waals surface area contributed by atoms with Crippen molar-refractivity contribution < 1.29 is 9.53 Å². The highest BCUT2D eigenvalue weighted by molar-refractivity contribution is 5.69. The Balaban J connectivity index is 1.79. The minimum atomic E-state index is -0.0158. The molecule has 0 radical (unpaired) electrons. The summed E-state index contributed by atoms with van der Waals surface area (Å²) in [6.45, 7) is 7.27. The van der Waals surface area contributed by atoms with Crippen molar-refractivity contribution in [3.8, 4) is 0 Å². The van der Waals surface area contributed by atoms with E-state index in [1.165, 1.54) is 45.2 Å². The van der Waals surface area contributed by atoms with Gasteiger partial charge in [-0.2, -0.15) is 0 Å². The molecule has 0 aromatic heterocycles. The van der Waals surface area contributed by atoms with Gasteiger partial charge in [-0.15, -0.1) is 0 Å². The fourth-order valence-electron chi connectivity index (χ4n) is 3.36. The molecule has 104 valence electrons. The second-order valence-corrected chi connectivity index (χ2v) is 6.28. The Hall–Kier alpha value is -0.570. The highest BCUT2D eigenvalue weighted by Gasteiger charge is 2.33. The Labute approximate surface area is 111 Å². The van der Waals surface area contributed by atoms with Crippen molar-refractivity contribution in [2.75, 3.05) is 19.7 Å². The Bertz CT molecular complexity index is 276. The molecule has 2 aliphatic rings. The Morgan fingerprint density at radius 1 is 1.22 bits per heavy atom. The summed E-state index contributed by atoms with van der Waals surface area (Å²) in [5, 5.41) is 0. The smallest absolute Gasteiger partial charge is 0.306 e. The maximum Gasteiger partial charge on any atom is 0.306 e. The molecule has 0 N–H and O–H groups in total. The molecule has 2 fully saturated rings. The lowest BCUT2D eigenvalue weighted by atomic mass is 9.84. The summed E-state index contributed by atoms with van der Waals surface area (Å²) in [7, 11) is 0. The van der Waals surface area contributed by atoms with Crippen LogP contribution < -0.4 is 0 Å². The summed E-state index contributed by atoms with van der Waals surface area (Å²) in [6.07, 6.45) is 7.04. The van der Waals surface area contributed by atoms with Gasteiger partial charge in [-0.1, -0.05) is 20.3 Å². The summed E-state index contributed by atoms with van der Waals surface area (Å²) >= 11 is 0. The summed E-state index contributed by atoms with van der Waals surface area (Å²) in [5.74, 6) is 0.961. The normalized spacial score (nSPS) is 29.1.